The summed E-state index contributed by atoms with van der Waals surface area (Å²) in [5.74, 6) is -0.305. The minimum Gasteiger partial charge on any atom is -0.369 e. The molecule has 1 heterocycles. The van der Waals surface area contributed by atoms with E-state index in [2.05, 4.69) is 11.9 Å². The van der Waals surface area contributed by atoms with Crippen molar-refractivity contribution in [1.82, 2.24) is 4.98 Å². The number of carbonyl (C=O) groups is 1. The third-order valence-electron chi connectivity index (χ3n) is 3.05. The molecule has 0 aromatic carbocycles. The normalized spacial score (nSPS) is 10.5. The summed E-state index contributed by atoms with van der Waals surface area (Å²) in [6, 6.07) is 3.95. The second-order valence-electron chi connectivity index (χ2n) is 4.82. The lowest BCUT2D eigenvalue weighted by atomic mass is 10.1. The number of amides is 1. The fourth-order valence-corrected chi connectivity index (χ4v) is 2.00. The van der Waals surface area contributed by atoms with Crippen molar-refractivity contribution in [3.05, 3.63) is 29.6 Å². The smallest absolute Gasteiger partial charge is 0.221 e. The average molecular weight is 248 g/mol. The highest BCUT2D eigenvalue weighted by Gasteiger charge is 2.00. The van der Waals surface area contributed by atoms with Crippen molar-refractivity contribution in [2.45, 2.75) is 58.3 Å². The number of pyridine rings is 1. The maximum Gasteiger partial charge on any atom is 0.221 e. The summed E-state index contributed by atoms with van der Waals surface area (Å²) in [5, 5.41) is 0. The average Bonchev–Trinajstić information content (AvgIpc) is 2.35. The molecule has 0 saturated heterocycles. The molecule has 100 valence electrons. The number of primary amides is 1. The fourth-order valence-electron chi connectivity index (χ4n) is 2.00. The van der Waals surface area contributed by atoms with Gasteiger partial charge in [0.1, 0.15) is 0 Å². The predicted molar refractivity (Wildman–Crippen MR) is 74.2 cm³/mol. The first kappa shape index (κ1) is 14.7. The van der Waals surface area contributed by atoms with Crippen LogP contribution in [0.2, 0.25) is 0 Å². The van der Waals surface area contributed by atoms with E-state index in [1.807, 2.05) is 12.1 Å². The first-order chi connectivity index (χ1) is 8.72. The van der Waals surface area contributed by atoms with Crippen molar-refractivity contribution < 1.29 is 4.79 Å². The molecule has 1 rings (SSSR count). The molecule has 2 N–H and O–H groups in total. The maximum absolute atomic E-state index is 10.7. The van der Waals surface area contributed by atoms with Crippen LogP contribution in [0, 0.1) is 0 Å². The molecule has 0 saturated carbocycles. The number of nitrogens with zero attached hydrogens (tertiary/aromatic N) is 1. The molecule has 1 aromatic rings. The zero-order chi connectivity index (χ0) is 13.2. The number of nitrogens with two attached hydrogens (primary N) is 1. The molecule has 0 aliphatic heterocycles. The van der Waals surface area contributed by atoms with Gasteiger partial charge >= 0.3 is 0 Å². The molecular formula is C15H24N2O. The first-order valence-electron chi connectivity index (χ1n) is 6.94. The lowest BCUT2D eigenvalue weighted by molar-refractivity contribution is -0.117. The number of unbranched alkanes of at least 4 members (excludes halogenated alkanes) is 5. The van der Waals surface area contributed by atoms with E-state index in [0.717, 1.165) is 17.7 Å². The Bertz CT molecular complexity index is 346. The Hall–Kier alpha value is -1.38. The largest absolute Gasteiger partial charge is 0.369 e. The highest BCUT2D eigenvalue weighted by atomic mass is 16.1. The quantitative estimate of drug-likeness (QED) is 0.683. The summed E-state index contributed by atoms with van der Waals surface area (Å²) in [5.41, 5.74) is 7.14. The predicted octanol–water partition coefficient (Wildman–Crippen LogP) is 3.01. The van der Waals surface area contributed by atoms with Crippen LogP contribution in [-0.4, -0.2) is 10.9 Å². The van der Waals surface area contributed by atoms with Crippen LogP contribution >= 0.6 is 0 Å². The van der Waals surface area contributed by atoms with E-state index in [9.17, 15) is 4.79 Å². The molecule has 0 unspecified atom stereocenters. The summed E-state index contributed by atoms with van der Waals surface area (Å²) in [6.45, 7) is 2.23. The van der Waals surface area contributed by atoms with Crippen LogP contribution in [0.25, 0.3) is 0 Å². The number of hydrogen-bond acceptors (Lipinski definition) is 2. The van der Waals surface area contributed by atoms with Crippen LogP contribution in [0.3, 0.4) is 0 Å². The van der Waals surface area contributed by atoms with E-state index >= 15 is 0 Å². The van der Waals surface area contributed by atoms with Gasteiger partial charge in [-0.05, 0) is 24.5 Å². The Labute approximate surface area is 110 Å². The Kier molecular flexibility index (Phi) is 7.07. The SMILES string of the molecule is CCCCCCCCc1ccc(CC(N)=O)cn1. The third kappa shape index (κ3) is 6.38. The number of carbonyl (C=O) groups excluding carboxylic acids is 1. The van der Waals surface area contributed by atoms with Crippen LogP contribution in [0.5, 0.6) is 0 Å². The lowest BCUT2D eigenvalue weighted by Gasteiger charge is -2.03. The zero-order valence-electron chi connectivity index (χ0n) is 11.3. The number of aromatic nitrogens is 1. The molecule has 18 heavy (non-hydrogen) atoms. The number of aryl methyl sites for hydroxylation is 1. The van der Waals surface area contributed by atoms with E-state index in [1.165, 1.54) is 38.5 Å². The van der Waals surface area contributed by atoms with Crippen LogP contribution in [-0.2, 0) is 17.6 Å². The van der Waals surface area contributed by atoms with Gasteiger partial charge in [0, 0.05) is 11.9 Å². The van der Waals surface area contributed by atoms with E-state index in [0.29, 0.717) is 0 Å². The fraction of sp³-hybridized carbons (Fsp3) is 0.600. The van der Waals surface area contributed by atoms with Crippen molar-refractivity contribution in [1.29, 1.82) is 0 Å². The van der Waals surface area contributed by atoms with Gasteiger partial charge in [0.05, 0.1) is 6.42 Å². The summed E-state index contributed by atoms with van der Waals surface area (Å²) in [6.07, 6.45) is 10.9. The van der Waals surface area contributed by atoms with Crippen LogP contribution in [0.4, 0.5) is 0 Å². The molecule has 0 radical (unpaired) electrons. The Morgan fingerprint density at radius 1 is 1.17 bits per heavy atom. The third-order valence-corrected chi connectivity index (χ3v) is 3.05. The molecule has 0 bridgehead atoms. The zero-order valence-corrected chi connectivity index (χ0v) is 11.3. The van der Waals surface area contributed by atoms with Crippen molar-refractivity contribution >= 4 is 5.91 Å². The summed E-state index contributed by atoms with van der Waals surface area (Å²) >= 11 is 0. The van der Waals surface area contributed by atoms with E-state index < -0.39 is 0 Å². The summed E-state index contributed by atoms with van der Waals surface area (Å²) in [7, 11) is 0. The Morgan fingerprint density at radius 3 is 2.50 bits per heavy atom. The van der Waals surface area contributed by atoms with Gasteiger partial charge in [0.25, 0.3) is 0 Å². The molecule has 3 nitrogen and oxygen atoms in total. The van der Waals surface area contributed by atoms with Crippen LogP contribution < -0.4 is 5.73 Å². The number of rotatable bonds is 9. The van der Waals surface area contributed by atoms with Gasteiger partial charge in [-0.25, -0.2) is 0 Å². The van der Waals surface area contributed by atoms with Crippen molar-refractivity contribution in [2.24, 2.45) is 5.73 Å². The Balaban J connectivity index is 2.20. The van der Waals surface area contributed by atoms with Gasteiger partial charge < -0.3 is 5.73 Å². The minimum atomic E-state index is -0.305. The topological polar surface area (TPSA) is 56.0 Å². The van der Waals surface area contributed by atoms with Gasteiger partial charge in [-0.3, -0.25) is 9.78 Å². The van der Waals surface area contributed by atoms with Crippen LogP contribution in [0.1, 0.15) is 56.7 Å². The standard InChI is InChI=1S/C15H24N2O/c1-2-3-4-5-6-7-8-14-10-9-13(12-17-14)11-15(16)18/h9-10,12H,2-8,11H2,1H3,(H2,16,18). The summed E-state index contributed by atoms with van der Waals surface area (Å²) < 4.78 is 0. The second kappa shape index (κ2) is 8.67. The Morgan fingerprint density at radius 2 is 1.89 bits per heavy atom. The molecule has 0 aliphatic carbocycles. The first-order valence-corrected chi connectivity index (χ1v) is 6.94. The van der Waals surface area contributed by atoms with Gasteiger partial charge in [-0.1, -0.05) is 45.1 Å². The minimum absolute atomic E-state index is 0.282. The molecule has 1 aromatic heterocycles. The van der Waals surface area contributed by atoms with Gasteiger partial charge in [-0.2, -0.15) is 0 Å². The molecule has 0 fully saturated rings. The van der Waals surface area contributed by atoms with Gasteiger partial charge in [-0.15, -0.1) is 0 Å². The van der Waals surface area contributed by atoms with E-state index in [1.54, 1.807) is 6.20 Å². The van der Waals surface area contributed by atoms with Crippen molar-refractivity contribution in [3.8, 4) is 0 Å². The number of hydrogen-bond donors (Lipinski definition) is 1. The molecule has 3 heteroatoms. The lowest BCUT2D eigenvalue weighted by Crippen LogP contribution is -2.13. The summed E-state index contributed by atoms with van der Waals surface area (Å²) in [4.78, 5) is 15.1. The van der Waals surface area contributed by atoms with E-state index in [-0.39, 0.29) is 12.3 Å². The highest BCUT2D eigenvalue weighted by molar-refractivity contribution is 5.76. The molecule has 0 aliphatic rings. The molecule has 0 spiro atoms. The van der Waals surface area contributed by atoms with Crippen molar-refractivity contribution in [3.63, 3.8) is 0 Å². The van der Waals surface area contributed by atoms with Crippen molar-refractivity contribution in [2.75, 3.05) is 0 Å². The molecule has 0 atom stereocenters. The monoisotopic (exact) mass is 248 g/mol. The highest BCUT2D eigenvalue weighted by Crippen LogP contribution is 2.09. The van der Waals surface area contributed by atoms with Gasteiger partial charge in [0.15, 0.2) is 0 Å². The molecule has 1 amide bonds. The van der Waals surface area contributed by atoms with Crippen LogP contribution in [0.15, 0.2) is 18.3 Å². The van der Waals surface area contributed by atoms with Gasteiger partial charge in [0.2, 0.25) is 5.91 Å². The van der Waals surface area contributed by atoms with E-state index in [4.69, 9.17) is 5.73 Å². The maximum atomic E-state index is 10.7. The molecular weight excluding hydrogens is 224 g/mol. The second-order valence-corrected chi connectivity index (χ2v) is 4.82.